The molecule has 4 aromatic rings. The van der Waals surface area contributed by atoms with Crippen molar-refractivity contribution in [2.45, 2.75) is 20.0 Å². The van der Waals surface area contributed by atoms with Crippen LogP contribution >= 0.6 is 0 Å². The Balaban J connectivity index is 1.62. The molecule has 0 aromatic heterocycles. The van der Waals surface area contributed by atoms with Crippen LogP contribution in [0.3, 0.4) is 0 Å². The summed E-state index contributed by atoms with van der Waals surface area (Å²) in [6, 6.07) is 7.35. The van der Waals surface area contributed by atoms with E-state index in [0.717, 1.165) is 18.2 Å². The predicted molar refractivity (Wildman–Crippen MR) is 124 cm³/mol. The molecule has 0 saturated carbocycles. The topological polar surface area (TPSA) is 9.23 Å². The highest BCUT2D eigenvalue weighted by Gasteiger charge is 2.41. The Morgan fingerprint density at radius 2 is 1.26 bits per heavy atom. The van der Waals surface area contributed by atoms with Crippen molar-refractivity contribution in [3.63, 3.8) is 0 Å². The van der Waals surface area contributed by atoms with Gasteiger partial charge in [-0.25, -0.2) is 30.7 Å². The minimum Gasteiger partial charge on any atom is -0.429 e. The van der Waals surface area contributed by atoms with Gasteiger partial charge in [-0.05, 0) is 79.1 Å². The molecule has 0 radical (unpaired) electrons. The monoisotopic (exact) mass is 550 g/mol. The van der Waals surface area contributed by atoms with Crippen molar-refractivity contribution in [1.29, 1.82) is 0 Å². The quantitative estimate of drug-likeness (QED) is 0.141. The SMILES string of the molecule is Cc1cc(F)c(C(F)(F)Oc2ccc(-c3cc(C)c(C#Cc4cc(F)c(F)c(F)c4)c(F)c3)c(F)c2)c(F)c1. The van der Waals surface area contributed by atoms with E-state index in [-0.39, 0.29) is 33.4 Å². The summed E-state index contributed by atoms with van der Waals surface area (Å²) >= 11 is 0. The van der Waals surface area contributed by atoms with Crippen LogP contribution in [-0.2, 0) is 6.11 Å². The molecule has 0 aliphatic heterocycles. The second-order valence-electron chi connectivity index (χ2n) is 8.52. The third-order valence-electron chi connectivity index (χ3n) is 5.58. The number of benzene rings is 4. The largest absolute Gasteiger partial charge is 0.432 e. The van der Waals surface area contributed by atoms with Crippen molar-refractivity contribution >= 4 is 0 Å². The van der Waals surface area contributed by atoms with Crippen LogP contribution in [0.2, 0.25) is 0 Å². The van der Waals surface area contributed by atoms with Crippen LogP contribution in [0.15, 0.2) is 54.6 Å². The van der Waals surface area contributed by atoms with Gasteiger partial charge in [0, 0.05) is 17.2 Å². The molecule has 4 aromatic carbocycles. The van der Waals surface area contributed by atoms with Crippen LogP contribution in [0.4, 0.5) is 39.5 Å². The Hall–Kier alpha value is -4.39. The molecule has 200 valence electrons. The second-order valence-corrected chi connectivity index (χ2v) is 8.52. The third kappa shape index (κ3) is 5.72. The Morgan fingerprint density at radius 3 is 1.82 bits per heavy atom. The van der Waals surface area contributed by atoms with Gasteiger partial charge in [-0.1, -0.05) is 11.8 Å². The van der Waals surface area contributed by atoms with Gasteiger partial charge in [0.2, 0.25) is 0 Å². The maximum Gasteiger partial charge on any atom is 0.432 e. The lowest BCUT2D eigenvalue weighted by Crippen LogP contribution is -2.25. The van der Waals surface area contributed by atoms with Crippen LogP contribution in [-0.4, -0.2) is 0 Å². The molecule has 10 heteroatoms. The maximum atomic E-state index is 14.8. The van der Waals surface area contributed by atoms with Gasteiger partial charge in [-0.2, -0.15) is 8.78 Å². The molecule has 0 unspecified atom stereocenters. The molecule has 0 N–H and O–H groups in total. The third-order valence-corrected chi connectivity index (χ3v) is 5.58. The summed E-state index contributed by atoms with van der Waals surface area (Å²) < 4.78 is 131. The second kappa shape index (κ2) is 10.4. The van der Waals surface area contributed by atoms with Gasteiger partial charge in [-0.15, -0.1) is 0 Å². The van der Waals surface area contributed by atoms with Crippen molar-refractivity contribution in [3.8, 4) is 28.7 Å². The van der Waals surface area contributed by atoms with E-state index in [2.05, 4.69) is 16.6 Å². The molecule has 0 fully saturated rings. The van der Waals surface area contributed by atoms with Gasteiger partial charge in [-0.3, -0.25) is 0 Å². The molecule has 0 spiro atoms. The summed E-state index contributed by atoms with van der Waals surface area (Å²) in [5, 5.41) is 0. The first kappa shape index (κ1) is 27.6. The van der Waals surface area contributed by atoms with Crippen LogP contribution in [0.5, 0.6) is 5.75 Å². The van der Waals surface area contributed by atoms with Gasteiger partial charge in [0.05, 0.1) is 5.56 Å². The molecule has 0 bridgehead atoms. The summed E-state index contributed by atoms with van der Waals surface area (Å²) in [5.41, 5.74) is -2.06. The first-order chi connectivity index (χ1) is 18.3. The molecular formula is C29H15F9O. The number of alkyl halides is 2. The Morgan fingerprint density at radius 1 is 0.641 bits per heavy atom. The maximum absolute atomic E-state index is 14.8. The van der Waals surface area contributed by atoms with Crippen LogP contribution < -0.4 is 4.74 Å². The normalized spacial score (nSPS) is 11.3. The first-order valence-electron chi connectivity index (χ1n) is 11.1. The van der Waals surface area contributed by atoms with E-state index in [1.54, 1.807) is 0 Å². The lowest BCUT2D eigenvalue weighted by molar-refractivity contribution is -0.189. The molecule has 4 rings (SSSR count). The zero-order valence-corrected chi connectivity index (χ0v) is 20.0. The smallest absolute Gasteiger partial charge is 0.429 e. The van der Waals surface area contributed by atoms with Crippen molar-refractivity contribution in [2.24, 2.45) is 0 Å². The number of hydrogen-bond donors (Lipinski definition) is 0. The van der Waals surface area contributed by atoms with Crippen molar-refractivity contribution in [3.05, 3.63) is 123 Å². The summed E-state index contributed by atoms with van der Waals surface area (Å²) in [5.74, 6) is -5.78. The summed E-state index contributed by atoms with van der Waals surface area (Å²) in [4.78, 5) is 0. The van der Waals surface area contributed by atoms with E-state index in [0.29, 0.717) is 30.3 Å². The highest BCUT2D eigenvalue weighted by Crippen LogP contribution is 2.37. The van der Waals surface area contributed by atoms with Gasteiger partial charge in [0.15, 0.2) is 17.5 Å². The minimum absolute atomic E-state index is 0.0131. The number of ether oxygens (including phenoxy) is 1. The van der Waals surface area contributed by atoms with Gasteiger partial charge in [0.1, 0.15) is 34.6 Å². The fraction of sp³-hybridized carbons (Fsp3) is 0.103. The molecule has 0 amide bonds. The first-order valence-corrected chi connectivity index (χ1v) is 11.1. The van der Waals surface area contributed by atoms with Gasteiger partial charge in [0.25, 0.3) is 0 Å². The van der Waals surface area contributed by atoms with E-state index in [9.17, 15) is 39.5 Å². The fourth-order valence-corrected chi connectivity index (χ4v) is 3.79. The highest BCUT2D eigenvalue weighted by atomic mass is 19.3. The van der Waals surface area contributed by atoms with E-state index in [1.807, 2.05) is 0 Å². The van der Waals surface area contributed by atoms with E-state index in [1.165, 1.54) is 19.9 Å². The van der Waals surface area contributed by atoms with Crippen molar-refractivity contribution in [2.75, 3.05) is 0 Å². The van der Waals surface area contributed by atoms with Crippen molar-refractivity contribution in [1.82, 2.24) is 0 Å². The Bertz CT molecular complexity index is 1600. The summed E-state index contributed by atoms with van der Waals surface area (Å²) in [7, 11) is 0. The number of aryl methyl sites for hydroxylation is 2. The standard InChI is InChI=1S/C29H15F9O/c1-14-7-23(32)27(24(33)8-14)29(37,38)39-18-4-6-20(22(31)13-18)17-9-15(2)19(21(30)12-17)5-3-16-10-25(34)28(36)26(35)11-16/h4,6-13H,1-2H3. The Kier molecular flexibility index (Phi) is 7.37. The molecule has 0 atom stereocenters. The van der Waals surface area contributed by atoms with Gasteiger partial charge >= 0.3 is 6.11 Å². The molecule has 39 heavy (non-hydrogen) atoms. The summed E-state index contributed by atoms with van der Waals surface area (Å²) in [6.07, 6.45) is -4.48. The molecule has 0 aliphatic rings. The zero-order chi connectivity index (χ0) is 28.6. The number of halogens is 9. The van der Waals surface area contributed by atoms with Crippen molar-refractivity contribution < 1.29 is 44.3 Å². The molecule has 0 saturated heterocycles. The average molecular weight is 550 g/mol. The lowest BCUT2D eigenvalue weighted by Gasteiger charge is -2.20. The predicted octanol–water partition coefficient (Wildman–Crippen LogP) is 8.47. The average Bonchev–Trinajstić information content (AvgIpc) is 2.80. The molecule has 0 aliphatic carbocycles. The number of rotatable bonds is 4. The van der Waals surface area contributed by atoms with E-state index < -0.39 is 58.1 Å². The summed E-state index contributed by atoms with van der Waals surface area (Å²) in [6.45, 7) is 2.73. The lowest BCUT2D eigenvalue weighted by atomic mass is 9.98. The molecular weight excluding hydrogens is 535 g/mol. The van der Waals surface area contributed by atoms with Gasteiger partial charge < -0.3 is 4.74 Å². The van der Waals surface area contributed by atoms with Crippen LogP contribution in [0.1, 0.15) is 27.8 Å². The van der Waals surface area contributed by atoms with Crippen LogP contribution in [0, 0.1) is 66.4 Å². The minimum atomic E-state index is -4.48. The molecule has 0 heterocycles. The van der Waals surface area contributed by atoms with Crippen LogP contribution in [0.25, 0.3) is 11.1 Å². The van der Waals surface area contributed by atoms with E-state index >= 15 is 0 Å². The van der Waals surface area contributed by atoms with E-state index in [4.69, 9.17) is 0 Å². The fourth-order valence-electron chi connectivity index (χ4n) is 3.79. The zero-order valence-electron chi connectivity index (χ0n) is 20.0. The highest BCUT2D eigenvalue weighted by molar-refractivity contribution is 5.68. The molecule has 1 nitrogen and oxygen atoms in total. The Labute approximate surface area is 216 Å². The number of hydrogen-bond acceptors (Lipinski definition) is 1.